The third kappa shape index (κ3) is 3.01. The van der Waals surface area contributed by atoms with Crippen LogP contribution in [0.2, 0.25) is 0 Å². The monoisotopic (exact) mass is 353 g/mol. The number of nitrogens with zero attached hydrogens (tertiary/aromatic N) is 3. The van der Waals surface area contributed by atoms with E-state index in [0.29, 0.717) is 24.1 Å². The molecule has 7 nitrogen and oxygen atoms in total. The van der Waals surface area contributed by atoms with Crippen molar-refractivity contribution in [3.05, 3.63) is 65.9 Å². The van der Waals surface area contributed by atoms with Gasteiger partial charge in [-0.25, -0.2) is 13.9 Å². The van der Waals surface area contributed by atoms with Crippen LogP contribution in [-0.2, 0) is 4.79 Å². The molecule has 0 spiro atoms. The first-order valence-electron chi connectivity index (χ1n) is 8.26. The van der Waals surface area contributed by atoms with Crippen LogP contribution in [0.1, 0.15) is 34.8 Å². The molecule has 0 bridgehead atoms. The number of amides is 2. The molecule has 3 aromatic rings. The molecule has 1 aromatic carbocycles. The molecule has 3 heterocycles. The van der Waals surface area contributed by atoms with E-state index in [1.165, 1.54) is 22.8 Å². The first kappa shape index (κ1) is 16.2. The minimum Gasteiger partial charge on any atom is -0.347 e. The smallest absolute Gasteiger partial charge is 0.257 e. The van der Waals surface area contributed by atoms with Gasteiger partial charge in [-0.2, -0.15) is 5.10 Å². The summed E-state index contributed by atoms with van der Waals surface area (Å²) in [5.41, 5.74) is 1.56. The maximum absolute atomic E-state index is 13.2. The van der Waals surface area contributed by atoms with E-state index >= 15 is 0 Å². The lowest BCUT2D eigenvalue weighted by Gasteiger charge is -2.33. The molecule has 2 unspecified atom stereocenters. The van der Waals surface area contributed by atoms with Crippen LogP contribution >= 0.6 is 0 Å². The van der Waals surface area contributed by atoms with Crippen LogP contribution in [0, 0.1) is 5.82 Å². The Bertz CT molecular complexity index is 969. The van der Waals surface area contributed by atoms with E-state index in [1.54, 1.807) is 30.6 Å². The normalized spacial score (nSPS) is 20.0. The highest BCUT2D eigenvalue weighted by Gasteiger charge is 2.31. The standard InChI is InChI=1S/C18H16FN5O2/c19-12-4-2-11(3-5-12)16-14(6-7-15(25)23-16)22-18(26)13-10-21-24-9-1-8-20-17(13)24/h1-5,8-10,14,16H,6-7H2,(H,22,26)(H,23,25). The number of benzene rings is 1. The number of aromatic nitrogens is 3. The van der Waals surface area contributed by atoms with Crippen molar-refractivity contribution in [2.24, 2.45) is 0 Å². The SMILES string of the molecule is O=C1CCC(NC(=O)c2cnn3cccnc23)C(c2ccc(F)cc2)N1. The van der Waals surface area contributed by atoms with Gasteiger partial charge in [0.25, 0.3) is 5.91 Å². The van der Waals surface area contributed by atoms with Crippen LogP contribution in [0.5, 0.6) is 0 Å². The molecule has 2 amide bonds. The fourth-order valence-electron chi connectivity index (χ4n) is 3.17. The van der Waals surface area contributed by atoms with Crippen molar-refractivity contribution in [1.29, 1.82) is 0 Å². The highest BCUT2D eigenvalue weighted by Crippen LogP contribution is 2.25. The molecule has 2 aromatic heterocycles. The first-order valence-corrected chi connectivity index (χ1v) is 8.26. The largest absolute Gasteiger partial charge is 0.347 e. The molecule has 0 aliphatic carbocycles. The number of fused-ring (bicyclic) bond motifs is 1. The number of rotatable bonds is 3. The van der Waals surface area contributed by atoms with Crippen molar-refractivity contribution in [2.45, 2.75) is 24.9 Å². The molecule has 8 heteroatoms. The molecule has 26 heavy (non-hydrogen) atoms. The van der Waals surface area contributed by atoms with Crippen LogP contribution in [0.4, 0.5) is 4.39 Å². The number of hydrogen-bond acceptors (Lipinski definition) is 4. The van der Waals surface area contributed by atoms with E-state index in [9.17, 15) is 14.0 Å². The van der Waals surface area contributed by atoms with Gasteiger partial charge < -0.3 is 10.6 Å². The van der Waals surface area contributed by atoms with E-state index in [-0.39, 0.29) is 23.7 Å². The van der Waals surface area contributed by atoms with Gasteiger partial charge in [0.2, 0.25) is 5.91 Å². The van der Waals surface area contributed by atoms with Gasteiger partial charge in [-0.3, -0.25) is 9.59 Å². The zero-order valence-corrected chi connectivity index (χ0v) is 13.7. The highest BCUT2D eigenvalue weighted by atomic mass is 19.1. The second-order valence-corrected chi connectivity index (χ2v) is 6.16. The average Bonchev–Trinajstić information content (AvgIpc) is 3.08. The predicted molar refractivity (Wildman–Crippen MR) is 90.8 cm³/mol. The fraction of sp³-hybridized carbons (Fsp3) is 0.222. The summed E-state index contributed by atoms with van der Waals surface area (Å²) < 4.78 is 14.7. The summed E-state index contributed by atoms with van der Waals surface area (Å²) in [6, 6.07) is 6.89. The summed E-state index contributed by atoms with van der Waals surface area (Å²) in [5, 5.41) is 9.95. The van der Waals surface area contributed by atoms with Crippen molar-refractivity contribution in [3.63, 3.8) is 0 Å². The molecular weight excluding hydrogens is 337 g/mol. The van der Waals surface area contributed by atoms with Gasteiger partial charge in [0, 0.05) is 18.8 Å². The summed E-state index contributed by atoms with van der Waals surface area (Å²) in [7, 11) is 0. The molecule has 0 radical (unpaired) electrons. The zero-order chi connectivity index (χ0) is 18.1. The first-order chi connectivity index (χ1) is 12.6. The van der Waals surface area contributed by atoms with Crippen LogP contribution in [0.25, 0.3) is 5.65 Å². The topological polar surface area (TPSA) is 88.4 Å². The van der Waals surface area contributed by atoms with E-state index in [4.69, 9.17) is 0 Å². The molecule has 1 fully saturated rings. The summed E-state index contributed by atoms with van der Waals surface area (Å²) in [5.74, 6) is -0.761. The molecule has 2 atom stereocenters. The number of hydrogen-bond donors (Lipinski definition) is 2. The second-order valence-electron chi connectivity index (χ2n) is 6.16. The van der Waals surface area contributed by atoms with E-state index < -0.39 is 6.04 Å². The Morgan fingerprint density at radius 3 is 2.92 bits per heavy atom. The number of halogens is 1. The molecule has 4 rings (SSSR count). The lowest BCUT2D eigenvalue weighted by Crippen LogP contribution is -2.50. The molecule has 1 aliphatic heterocycles. The Hall–Kier alpha value is -3.29. The molecule has 0 saturated carbocycles. The molecule has 1 aliphatic rings. The van der Waals surface area contributed by atoms with Crippen LogP contribution in [0.3, 0.4) is 0 Å². The van der Waals surface area contributed by atoms with Gasteiger partial charge in [-0.15, -0.1) is 0 Å². The number of piperidine rings is 1. The van der Waals surface area contributed by atoms with Crippen molar-refractivity contribution in [2.75, 3.05) is 0 Å². The Morgan fingerprint density at radius 2 is 2.12 bits per heavy atom. The van der Waals surface area contributed by atoms with Crippen LogP contribution in [-0.4, -0.2) is 32.5 Å². The van der Waals surface area contributed by atoms with Gasteiger partial charge in [0.15, 0.2) is 5.65 Å². The maximum atomic E-state index is 13.2. The summed E-state index contributed by atoms with van der Waals surface area (Å²) in [6.07, 6.45) is 5.57. The van der Waals surface area contributed by atoms with Gasteiger partial charge in [-0.1, -0.05) is 12.1 Å². The van der Waals surface area contributed by atoms with E-state index in [1.807, 2.05) is 0 Å². The van der Waals surface area contributed by atoms with Crippen molar-refractivity contribution >= 4 is 17.5 Å². The number of nitrogens with one attached hydrogen (secondary N) is 2. The van der Waals surface area contributed by atoms with Crippen molar-refractivity contribution in [1.82, 2.24) is 25.2 Å². The van der Waals surface area contributed by atoms with Crippen LogP contribution < -0.4 is 10.6 Å². The molecule has 2 N–H and O–H groups in total. The Labute approximate surface area is 148 Å². The lowest BCUT2D eigenvalue weighted by molar-refractivity contribution is -0.123. The van der Waals surface area contributed by atoms with Crippen molar-refractivity contribution < 1.29 is 14.0 Å². The molecule has 132 valence electrons. The second kappa shape index (κ2) is 6.55. The minimum atomic E-state index is -0.421. The summed E-state index contributed by atoms with van der Waals surface area (Å²) in [4.78, 5) is 28.7. The highest BCUT2D eigenvalue weighted by molar-refractivity contribution is 5.99. The third-order valence-electron chi connectivity index (χ3n) is 4.47. The van der Waals surface area contributed by atoms with Gasteiger partial charge >= 0.3 is 0 Å². The maximum Gasteiger partial charge on any atom is 0.257 e. The number of carbonyl (C=O) groups excluding carboxylic acids is 2. The quantitative estimate of drug-likeness (QED) is 0.749. The minimum absolute atomic E-state index is 0.0949. The van der Waals surface area contributed by atoms with Crippen LogP contribution in [0.15, 0.2) is 48.9 Å². The third-order valence-corrected chi connectivity index (χ3v) is 4.47. The fourth-order valence-corrected chi connectivity index (χ4v) is 3.17. The summed E-state index contributed by atoms with van der Waals surface area (Å²) >= 11 is 0. The number of carbonyl (C=O) groups is 2. The van der Waals surface area contributed by atoms with Gasteiger partial charge in [0.1, 0.15) is 11.4 Å². The van der Waals surface area contributed by atoms with Gasteiger partial charge in [0.05, 0.1) is 18.3 Å². The Morgan fingerprint density at radius 1 is 1.31 bits per heavy atom. The Kier molecular flexibility index (Phi) is 4.08. The molecular formula is C18H16FN5O2. The average molecular weight is 353 g/mol. The lowest BCUT2D eigenvalue weighted by atomic mass is 9.91. The zero-order valence-electron chi connectivity index (χ0n) is 13.7. The van der Waals surface area contributed by atoms with E-state index in [0.717, 1.165) is 5.56 Å². The van der Waals surface area contributed by atoms with Crippen molar-refractivity contribution in [3.8, 4) is 0 Å². The van der Waals surface area contributed by atoms with Gasteiger partial charge in [-0.05, 0) is 30.2 Å². The molecule has 1 saturated heterocycles. The predicted octanol–water partition coefficient (Wildman–Crippen LogP) is 1.62. The van der Waals surface area contributed by atoms with E-state index in [2.05, 4.69) is 20.7 Å². The summed E-state index contributed by atoms with van der Waals surface area (Å²) in [6.45, 7) is 0. The Balaban J connectivity index is 1.59.